The molecule has 0 bridgehead atoms. The number of methoxy groups -OCH3 is 1. The highest BCUT2D eigenvalue weighted by atomic mass is 16.5. The van der Waals surface area contributed by atoms with Gasteiger partial charge in [0.15, 0.2) is 11.5 Å². The van der Waals surface area contributed by atoms with E-state index in [1.54, 1.807) is 16.2 Å². The van der Waals surface area contributed by atoms with Crippen molar-refractivity contribution in [3.63, 3.8) is 0 Å². The number of nitrogens with two attached hydrogens (primary N) is 2. The number of fused-ring (bicyclic) bond motifs is 3. The molecule has 196 valence electrons. The summed E-state index contributed by atoms with van der Waals surface area (Å²) in [6, 6.07) is 10.1. The Bertz CT molecular complexity index is 1460. The number of rotatable bonds is 7. The lowest BCUT2D eigenvalue weighted by Gasteiger charge is -2.25. The quantitative estimate of drug-likeness (QED) is 0.196. The minimum absolute atomic E-state index is 0.162. The molecule has 0 radical (unpaired) electrons. The molecule has 10 heteroatoms. The molecule has 1 aliphatic heterocycles. The lowest BCUT2D eigenvalue weighted by molar-refractivity contribution is 0.310. The van der Waals surface area contributed by atoms with Gasteiger partial charge in [-0.05, 0) is 62.9 Å². The van der Waals surface area contributed by atoms with Crippen LogP contribution in [0.25, 0.3) is 11.3 Å². The molecule has 1 aliphatic rings. The Morgan fingerprint density at radius 1 is 1.11 bits per heavy atom. The lowest BCUT2D eigenvalue weighted by atomic mass is 9.97. The molecule has 5 N–H and O–H groups in total. The van der Waals surface area contributed by atoms with E-state index >= 15 is 0 Å². The smallest absolute Gasteiger partial charge is 0.330 e. The van der Waals surface area contributed by atoms with E-state index in [0.29, 0.717) is 55.4 Å². The number of amidine groups is 1. The van der Waals surface area contributed by atoms with Crippen LogP contribution in [0.3, 0.4) is 0 Å². The van der Waals surface area contributed by atoms with Crippen LogP contribution < -0.4 is 37.8 Å². The number of nitrogens with zero attached hydrogens (tertiary/aromatic N) is 4. The number of benzene rings is 2. The summed E-state index contributed by atoms with van der Waals surface area (Å²) in [5.74, 6) is 12.7. The number of aromatic nitrogens is 2. The highest BCUT2D eigenvalue weighted by molar-refractivity contribution is 5.81. The van der Waals surface area contributed by atoms with Gasteiger partial charge in [-0.15, -0.1) is 0 Å². The van der Waals surface area contributed by atoms with Crippen LogP contribution in [0.15, 0.2) is 45.2 Å². The zero-order valence-electron chi connectivity index (χ0n) is 22.1. The average Bonchev–Trinajstić information content (AvgIpc) is 2.87. The summed E-state index contributed by atoms with van der Waals surface area (Å²) < 4.78 is 14.8. The second-order valence-corrected chi connectivity index (χ2v) is 9.15. The molecule has 0 aliphatic carbocycles. The summed E-state index contributed by atoms with van der Waals surface area (Å²) >= 11 is 0. The summed E-state index contributed by atoms with van der Waals surface area (Å²) in [5, 5.41) is 3.66. The first kappa shape index (κ1) is 26.0. The van der Waals surface area contributed by atoms with Crippen LogP contribution in [0.2, 0.25) is 0 Å². The van der Waals surface area contributed by atoms with E-state index in [-0.39, 0.29) is 5.69 Å². The van der Waals surface area contributed by atoms with Gasteiger partial charge in [0.1, 0.15) is 11.3 Å². The van der Waals surface area contributed by atoms with Crippen molar-refractivity contribution in [2.45, 2.75) is 53.6 Å². The van der Waals surface area contributed by atoms with E-state index in [0.717, 1.165) is 39.2 Å². The van der Waals surface area contributed by atoms with Crippen molar-refractivity contribution >= 4 is 11.5 Å². The zero-order valence-corrected chi connectivity index (χ0v) is 22.1. The molecule has 37 heavy (non-hydrogen) atoms. The molecule has 0 saturated carbocycles. The highest BCUT2D eigenvalue weighted by Crippen LogP contribution is 2.37. The van der Waals surface area contributed by atoms with Gasteiger partial charge in [-0.3, -0.25) is 9.13 Å². The number of hydrazine groups is 1. The Morgan fingerprint density at radius 2 is 1.84 bits per heavy atom. The topological polar surface area (TPSA) is 134 Å². The third kappa shape index (κ3) is 5.10. The van der Waals surface area contributed by atoms with Gasteiger partial charge in [-0.1, -0.05) is 17.7 Å². The van der Waals surface area contributed by atoms with Crippen LogP contribution in [0, 0.1) is 20.8 Å². The fourth-order valence-corrected chi connectivity index (χ4v) is 4.93. The van der Waals surface area contributed by atoms with Crippen LogP contribution in [0.1, 0.15) is 35.6 Å². The predicted molar refractivity (Wildman–Crippen MR) is 145 cm³/mol. The maximum absolute atomic E-state index is 13.9. The fourth-order valence-electron chi connectivity index (χ4n) is 4.93. The Morgan fingerprint density at radius 3 is 2.46 bits per heavy atom. The maximum atomic E-state index is 13.9. The second kappa shape index (κ2) is 10.9. The molecule has 0 unspecified atom stereocenters. The molecule has 0 saturated heterocycles. The normalized spacial score (nSPS) is 13.2. The standard InChI is InChI=1S/C27H35N7O3/c1-6-37-23-13-19-7-9-33-21(20(19)14-22(23)36-5)15-25(30-26-17(3)11-16(2)12-18(26)4)34(27(33)35)10-8-24(31-28)32-29/h11-15H,6-10,28-29H2,1-5H3,(H,31,32). The number of hydrogen-bond donors (Lipinski definition) is 3. The van der Waals surface area contributed by atoms with E-state index in [1.165, 1.54) is 0 Å². The third-order valence-corrected chi connectivity index (χ3v) is 6.62. The van der Waals surface area contributed by atoms with Gasteiger partial charge in [0.05, 0.1) is 25.1 Å². The van der Waals surface area contributed by atoms with Crippen molar-refractivity contribution in [2.24, 2.45) is 21.8 Å². The Labute approximate surface area is 216 Å². The zero-order chi connectivity index (χ0) is 26.7. The summed E-state index contributed by atoms with van der Waals surface area (Å²) in [5.41, 5.74) is 9.76. The Kier molecular flexibility index (Phi) is 7.68. The minimum atomic E-state index is -0.162. The van der Waals surface area contributed by atoms with Crippen LogP contribution in [-0.2, 0) is 19.5 Å². The van der Waals surface area contributed by atoms with Crippen molar-refractivity contribution in [3.8, 4) is 22.8 Å². The third-order valence-electron chi connectivity index (χ3n) is 6.62. The average molecular weight is 506 g/mol. The van der Waals surface area contributed by atoms with Crippen molar-refractivity contribution in [2.75, 3.05) is 13.7 Å². The lowest BCUT2D eigenvalue weighted by Crippen LogP contribution is -2.43. The van der Waals surface area contributed by atoms with Gasteiger partial charge in [-0.2, -0.15) is 5.10 Å². The van der Waals surface area contributed by atoms with Gasteiger partial charge < -0.3 is 20.7 Å². The number of hydrazone groups is 1. The number of nitrogens with one attached hydrogen (secondary N) is 1. The highest BCUT2D eigenvalue weighted by Gasteiger charge is 2.22. The largest absolute Gasteiger partial charge is 0.493 e. The molecule has 0 fully saturated rings. The summed E-state index contributed by atoms with van der Waals surface area (Å²) in [6.45, 7) is 9.44. The number of ether oxygens (including phenoxy) is 2. The van der Waals surface area contributed by atoms with Crippen molar-refractivity contribution in [1.82, 2.24) is 14.6 Å². The van der Waals surface area contributed by atoms with Crippen molar-refractivity contribution in [1.29, 1.82) is 0 Å². The molecule has 0 atom stereocenters. The Balaban J connectivity index is 1.98. The van der Waals surface area contributed by atoms with E-state index in [4.69, 9.17) is 26.2 Å². The molecule has 1 aromatic heterocycles. The molecule has 0 spiro atoms. The summed E-state index contributed by atoms with van der Waals surface area (Å²) in [4.78, 5) is 18.9. The van der Waals surface area contributed by atoms with E-state index < -0.39 is 0 Å². The van der Waals surface area contributed by atoms with E-state index in [1.807, 2.05) is 39.0 Å². The van der Waals surface area contributed by atoms with Crippen LogP contribution in [0.5, 0.6) is 11.5 Å². The fraction of sp³-hybridized carbons (Fsp3) is 0.370. The first-order valence-electron chi connectivity index (χ1n) is 12.4. The van der Waals surface area contributed by atoms with Crippen molar-refractivity contribution < 1.29 is 9.47 Å². The van der Waals surface area contributed by atoms with Crippen LogP contribution >= 0.6 is 0 Å². The van der Waals surface area contributed by atoms with Gasteiger partial charge in [-0.25, -0.2) is 15.6 Å². The molecule has 0 amide bonds. The second-order valence-electron chi connectivity index (χ2n) is 9.15. The minimum Gasteiger partial charge on any atom is -0.493 e. The van der Waals surface area contributed by atoms with Gasteiger partial charge in [0.25, 0.3) is 0 Å². The first-order chi connectivity index (χ1) is 17.8. The van der Waals surface area contributed by atoms with Crippen molar-refractivity contribution in [3.05, 3.63) is 68.6 Å². The van der Waals surface area contributed by atoms with Gasteiger partial charge in [0, 0.05) is 31.1 Å². The molecular formula is C27H35N7O3. The first-order valence-corrected chi connectivity index (χ1v) is 12.4. The number of hydrogen-bond acceptors (Lipinski definition) is 7. The van der Waals surface area contributed by atoms with Crippen LogP contribution in [0.4, 0.5) is 5.69 Å². The molecule has 2 aromatic carbocycles. The monoisotopic (exact) mass is 505 g/mol. The molecule has 2 heterocycles. The predicted octanol–water partition coefficient (Wildman–Crippen LogP) is 2.56. The van der Waals surface area contributed by atoms with E-state index in [9.17, 15) is 4.79 Å². The van der Waals surface area contributed by atoms with Gasteiger partial charge >= 0.3 is 5.69 Å². The molecule has 4 rings (SSSR count). The van der Waals surface area contributed by atoms with Gasteiger partial charge in [0.2, 0.25) is 0 Å². The SMILES string of the molecule is CCOc1cc2c(cc1OC)-c1cc(=Nc3c(C)cc(C)cc3C)n(CC/C(=N/N)NN)c(=O)n1CC2. The maximum Gasteiger partial charge on any atom is 0.330 e. The van der Waals surface area contributed by atoms with Crippen LogP contribution in [-0.4, -0.2) is 28.7 Å². The number of aryl methyl sites for hydroxylation is 4. The molecule has 10 nitrogen and oxygen atoms in total. The summed E-state index contributed by atoms with van der Waals surface area (Å²) in [6.07, 6.45) is 1.04. The molecule has 3 aromatic rings. The Hall–Kier alpha value is -4.05. The summed E-state index contributed by atoms with van der Waals surface area (Å²) in [7, 11) is 1.62. The van der Waals surface area contributed by atoms with E-state index in [2.05, 4.69) is 29.6 Å². The molecular weight excluding hydrogens is 470 g/mol.